The summed E-state index contributed by atoms with van der Waals surface area (Å²) in [6.45, 7) is 8.16. The molecule has 2 rings (SSSR count). The fourth-order valence-electron chi connectivity index (χ4n) is 2.49. The average Bonchev–Trinajstić information content (AvgIpc) is 3.10. The molecular formula is C20H31IN4O2S. The molecule has 6 nitrogen and oxygen atoms in total. The van der Waals surface area contributed by atoms with Gasteiger partial charge in [0.1, 0.15) is 0 Å². The van der Waals surface area contributed by atoms with E-state index in [2.05, 4.69) is 51.8 Å². The van der Waals surface area contributed by atoms with Gasteiger partial charge in [-0.3, -0.25) is 4.99 Å². The first-order valence-corrected chi connectivity index (χ1v) is 10.1. The molecule has 0 unspecified atom stereocenters. The zero-order valence-corrected chi connectivity index (χ0v) is 20.0. The van der Waals surface area contributed by atoms with Gasteiger partial charge in [0.25, 0.3) is 0 Å². The lowest BCUT2D eigenvalue weighted by Crippen LogP contribution is -2.37. The summed E-state index contributed by atoms with van der Waals surface area (Å²) in [6.07, 6.45) is 2.81. The van der Waals surface area contributed by atoms with E-state index in [1.165, 1.54) is 10.4 Å². The van der Waals surface area contributed by atoms with Gasteiger partial charge in [-0.25, -0.2) is 4.98 Å². The van der Waals surface area contributed by atoms with E-state index >= 15 is 0 Å². The van der Waals surface area contributed by atoms with Gasteiger partial charge < -0.3 is 20.1 Å². The minimum atomic E-state index is 0. The minimum absolute atomic E-state index is 0. The van der Waals surface area contributed by atoms with Crippen molar-refractivity contribution in [3.8, 4) is 0 Å². The van der Waals surface area contributed by atoms with E-state index in [1.807, 2.05) is 13.1 Å². The van der Waals surface area contributed by atoms with Gasteiger partial charge >= 0.3 is 0 Å². The van der Waals surface area contributed by atoms with Gasteiger partial charge in [-0.05, 0) is 25.0 Å². The molecule has 8 heteroatoms. The van der Waals surface area contributed by atoms with Crippen molar-refractivity contribution in [2.75, 3.05) is 33.4 Å². The molecule has 1 aromatic heterocycles. The van der Waals surface area contributed by atoms with Crippen LogP contribution in [0, 0.1) is 6.92 Å². The van der Waals surface area contributed by atoms with Crippen LogP contribution in [0.15, 0.2) is 35.5 Å². The van der Waals surface area contributed by atoms with Gasteiger partial charge in [-0.2, -0.15) is 0 Å². The number of ether oxygens (including phenoxy) is 2. The van der Waals surface area contributed by atoms with Crippen molar-refractivity contribution in [3.63, 3.8) is 0 Å². The Bertz CT molecular complexity index is 709. The normalized spacial score (nSPS) is 11.2. The zero-order chi connectivity index (χ0) is 19.3. The first-order valence-electron chi connectivity index (χ1n) is 9.30. The second-order valence-corrected chi connectivity index (χ2v) is 7.36. The fourth-order valence-corrected chi connectivity index (χ4v) is 3.28. The summed E-state index contributed by atoms with van der Waals surface area (Å²) in [5.74, 6) is 0.793. The number of thiazole rings is 1. The van der Waals surface area contributed by atoms with Crippen LogP contribution in [0.3, 0.4) is 0 Å². The molecule has 2 N–H and O–H groups in total. The van der Waals surface area contributed by atoms with Crippen molar-refractivity contribution in [1.29, 1.82) is 0 Å². The largest absolute Gasteiger partial charge is 0.379 e. The van der Waals surface area contributed by atoms with Crippen LogP contribution in [-0.4, -0.2) is 44.4 Å². The van der Waals surface area contributed by atoms with Crippen molar-refractivity contribution >= 4 is 41.3 Å². The van der Waals surface area contributed by atoms with Crippen LogP contribution in [0.2, 0.25) is 0 Å². The highest BCUT2D eigenvalue weighted by atomic mass is 127. The van der Waals surface area contributed by atoms with E-state index in [4.69, 9.17) is 9.47 Å². The smallest absolute Gasteiger partial charge is 0.191 e. The summed E-state index contributed by atoms with van der Waals surface area (Å²) < 4.78 is 10.9. The highest BCUT2D eigenvalue weighted by molar-refractivity contribution is 14.0. The standard InChI is InChI=1S/C20H30N4O2S.HI/c1-4-25-10-11-26-15-18-7-5-6-17(12-18)14-24-20(21-3)22-9-8-19-23-13-16(2)27-19;/h5-7,12-13H,4,8-11,14-15H2,1-3H3,(H2,21,22,24);1H. The lowest BCUT2D eigenvalue weighted by molar-refractivity contribution is 0.0453. The summed E-state index contributed by atoms with van der Waals surface area (Å²) >= 11 is 1.74. The Morgan fingerprint density at radius 1 is 1.18 bits per heavy atom. The Morgan fingerprint density at radius 2 is 1.96 bits per heavy atom. The van der Waals surface area contributed by atoms with E-state index in [0.29, 0.717) is 26.4 Å². The monoisotopic (exact) mass is 518 g/mol. The van der Waals surface area contributed by atoms with Crippen molar-refractivity contribution in [2.45, 2.75) is 33.4 Å². The molecule has 0 saturated heterocycles. The molecule has 1 heterocycles. The molecule has 0 spiro atoms. The molecule has 0 fully saturated rings. The number of rotatable bonds is 11. The second-order valence-electron chi connectivity index (χ2n) is 6.04. The Balaban J connectivity index is 0.00000392. The quantitative estimate of drug-likeness (QED) is 0.206. The third kappa shape index (κ3) is 9.81. The summed E-state index contributed by atoms with van der Waals surface area (Å²) in [4.78, 5) is 9.90. The molecular weight excluding hydrogens is 487 g/mol. The van der Waals surface area contributed by atoms with Gasteiger partial charge in [0.2, 0.25) is 0 Å². The number of nitrogens with zero attached hydrogens (tertiary/aromatic N) is 2. The number of aryl methyl sites for hydroxylation is 1. The van der Waals surface area contributed by atoms with Crippen LogP contribution in [0.5, 0.6) is 0 Å². The summed E-state index contributed by atoms with van der Waals surface area (Å²) in [5, 5.41) is 7.83. The first kappa shape index (κ1) is 24.8. The second kappa shape index (κ2) is 14.7. The number of aromatic nitrogens is 1. The van der Waals surface area contributed by atoms with E-state index in [1.54, 1.807) is 18.4 Å². The van der Waals surface area contributed by atoms with Crippen molar-refractivity contribution in [2.24, 2.45) is 4.99 Å². The topological polar surface area (TPSA) is 67.8 Å². The summed E-state index contributed by atoms with van der Waals surface area (Å²) in [6, 6.07) is 8.38. The number of hydrogen-bond acceptors (Lipinski definition) is 5. The van der Waals surface area contributed by atoms with Crippen LogP contribution in [0.25, 0.3) is 0 Å². The SMILES string of the molecule is CCOCCOCc1cccc(CNC(=NC)NCCc2ncc(C)s2)c1.I. The number of hydrogen-bond donors (Lipinski definition) is 2. The summed E-state index contributed by atoms with van der Waals surface area (Å²) in [7, 11) is 1.78. The lowest BCUT2D eigenvalue weighted by Gasteiger charge is -2.12. The van der Waals surface area contributed by atoms with Crippen LogP contribution in [-0.2, 0) is 29.0 Å². The average molecular weight is 518 g/mol. The highest BCUT2D eigenvalue weighted by Crippen LogP contribution is 2.11. The Kier molecular flexibility index (Phi) is 13.0. The molecule has 0 amide bonds. The van der Waals surface area contributed by atoms with Crippen LogP contribution < -0.4 is 10.6 Å². The molecule has 0 atom stereocenters. The Hall–Kier alpha value is -1.23. The summed E-state index contributed by atoms with van der Waals surface area (Å²) in [5.41, 5.74) is 2.35. The van der Waals surface area contributed by atoms with Crippen LogP contribution in [0.1, 0.15) is 27.9 Å². The molecule has 0 aliphatic heterocycles. The van der Waals surface area contributed by atoms with Gasteiger partial charge in [0, 0.05) is 44.2 Å². The van der Waals surface area contributed by atoms with Gasteiger partial charge in [-0.1, -0.05) is 24.3 Å². The zero-order valence-electron chi connectivity index (χ0n) is 16.9. The maximum Gasteiger partial charge on any atom is 0.191 e. The van der Waals surface area contributed by atoms with Crippen LogP contribution >= 0.6 is 35.3 Å². The molecule has 0 aliphatic rings. The minimum Gasteiger partial charge on any atom is -0.379 e. The predicted molar refractivity (Wildman–Crippen MR) is 127 cm³/mol. The molecule has 156 valence electrons. The molecule has 0 saturated carbocycles. The maximum atomic E-state index is 5.63. The number of nitrogens with one attached hydrogen (secondary N) is 2. The van der Waals surface area contributed by atoms with E-state index in [-0.39, 0.29) is 24.0 Å². The Labute approximate surface area is 189 Å². The molecule has 0 aliphatic carbocycles. The van der Waals surface area contributed by atoms with E-state index < -0.39 is 0 Å². The van der Waals surface area contributed by atoms with Gasteiger partial charge in [-0.15, -0.1) is 35.3 Å². The third-order valence-electron chi connectivity index (χ3n) is 3.82. The molecule has 0 radical (unpaired) electrons. The first-order chi connectivity index (χ1) is 13.2. The number of aliphatic imine (C=N–C) groups is 1. The van der Waals surface area contributed by atoms with E-state index in [0.717, 1.165) is 36.1 Å². The van der Waals surface area contributed by atoms with Crippen molar-refractivity contribution in [3.05, 3.63) is 51.5 Å². The van der Waals surface area contributed by atoms with Crippen LogP contribution in [0.4, 0.5) is 0 Å². The lowest BCUT2D eigenvalue weighted by atomic mass is 10.1. The van der Waals surface area contributed by atoms with Gasteiger partial charge in [0.05, 0.1) is 24.8 Å². The number of guanidine groups is 1. The van der Waals surface area contributed by atoms with Gasteiger partial charge in [0.15, 0.2) is 5.96 Å². The number of benzene rings is 1. The molecule has 0 bridgehead atoms. The van der Waals surface area contributed by atoms with E-state index in [9.17, 15) is 0 Å². The number of halogens is 1. The van der Waals surface area contributed by atoms with Crippen molar-refractivity contribution in [1.82, 2.24) is 15.6 Å². The fraction of sp³-hybridized carbons (Fsp3) is 0.500. The molecule has 28 heavy (non-hydrogen) atoms. The highest BCUT2D eigenvalue weighted by Gasteiger charge is 2.02. The molecule has 1 aromatic carbocycles. The predicted octanol–water partition coefficient (Wildman–Crippen LogP) is 3.53. The third-order valence-corrected chi connectivity index (χ3v) is 4.79. The molecule has 2 aromatic rings. The van der Waals surface area contributed by atoms with Crippen molar-refractivity contribution < 1.29 is 9.47 Å². The Morgan fingerprint density at radius 3 is 2.68 bits per heavy atom. The maximum absolute atomic E-state index is 5.63.